The lowest BCUT2D eigenvalue weighted by molar-refractivity contribution is -0.0574. The normalized spacial score (nSPS) is 19.8. The molecule has 2 N–H and O–H groups in total. The van der Waals surface area contributed by atoms with Gasteiger partial charge in [0.1, 0.15) is 11.6 Å². The van der Waals surface area contributed by atoms with Gasteiger partial charge in [-0.1, -0.05) is 44.7 Å². The molecule has 286 valence electrons. The van der Waals surface area contributed by atoms with Gasteiger partial charge in [-0.2, -0.15) is 0 Å². The van der Waals surface area contributed by atoms with Crippen molar-refractivity contribution in [2.75, 3.05) is 57.8 Å². The summed E-state index contributed by atoms with van der Waals surface area (Å²) in [6, 6.07) is 16.5. The number of primary amides is 1. The van der Waals surface area contributed by atoms with Crippen LogP contribution in [0.3, 0.4) is 0 Å². The fourth-order valence-corrected chi connectivity index (χ4v) is 9.08. The van der Waals surface area contributed by atoms with Crippen molar-refractivity contribution in [2.45, 2.75) is 71.4 Å². The fourth-order valence-electron chi connectivity index (χ4n) is 9.08. The summed E-state index contributed by atoms with van der Waals surface area (Å²) >= 11 is 0. The van der Waals surface area contributed by atoms with Crippen LogP contribution in [-0.4, -0.2) is 90.6 Å². The summed E-state index contributed by atoms with van der Waals surface area (Å²) in [6.45, 7) is 18.0. The first-order chi connectivity index (χ1) is 25.9. The number of hydrogen-bond acceptors (Lipinski definition) is 7. The fraction of sp³-hybridized carbons (Fsp3) is 0.465. The van der Waals surface area contributed by atoms with E-state index in [1.807, 2.05) is 17.0 Å². The predicted molar refractivity (Wildman–Crippen MR) is 211 cm³/mol. The number of pyridine rings is 1. The number of piperidine rings is 1. The zero-order chi connectivity index (χ0) is 38.3. The first-order valence-electron chi connectivity index (χ1n) is 19.4. The minimum Gasteiger partial charge on any atom is -0.478 e. The Hall–Kier alpha value is -4.90. The Bertz CT molecular complexity index is 1960. The molecule has 1 spiro atoms. The van der Waals surface area contributed by atoms with E-state index in [0.717, 1.165) is 57.5 Å². The second kappa shape index (κ2) is 15.1. The maximum atomic E-state index is 14.7. The van der Waals surface area contributed by atoms with E-state index < -0.39 is 11.7 Å². The SMILES string of the molecule is C=C1C=C(F)c2cc(Oc3cc(N4CCC5(CC4)CC(N4CCN(C(=O)N(CC)CC)C[C@H]4c4ccccc4C(C)C)C5)ccc3C(N)=O)c(OC)nc21. The Morgan fingerprint density at radius 3 is 2.43 bits per heavy atom. The molecule has 1 atom stereocenters. The Kier molecular flexibility index (Phi) is 10.5. The molecule has 11 heteroatoms. The molecule has 0 radical (unpaired) electrons. The number of allylic oxidation sites excluding steroid dienone is 2. The van der Waals surface area contributed by atoms with Crippen molar-refractivity contribution in [1.29, 1.82) is 0 Å². The van der Waals surface area contributed by atoms with Crippen molar-refractivity contribution >= 4 is 29.0 Å². The Labute approximate surface area is 318 Å². The largest absolute Gasteiger partial charge is 0.478 e. The number of carbonyl (C=O) groups excluding carboxylic acids is 2. The van der Waals surface area contributed by atoms with Crippen LogP contribution in [0.1, 0.15) is 98.1 Å². The van der Waals surface area contributed by atoms with Gasteiger partial charge >= 0.3 is 6.03 Å². The first kappa shape index (κ1) is 37.4. The highest BCUT2D eigenvalue weighted by Crippen LogP contribution is 2.53. The van der Waals surface area contributed by atoms with Crippen LogP contribution in [0, 0.1) is 5.41 Å². The van der Waals surface area contributed by atoms with Crippen molar-refractivity contribution in [1.82, 2.24) is 19.7 Å². The molecule has 2 aliphatic heterocycles. The molecule has 3 heterocycles. The van der Waals surface area contributed by atoms with Crippen LogP contribution >= 0.6 is 0 Å². The molecule has 0 unspecified atom stereocenters. The van der Waals surface area contributed by atoms with Gasteiger partial charge in [-0.15, -0.1) is 0 Å². The van der Waals surface area contributed by atoms with Crippen LogP contribution in [0.2, 0.25) is 0 Å². The monoisotopic (exact) mass is 736 g/mol. The van der Waals surface area contributed by atoms with E-state index in [1.54, 1.807) is 6.07 Å². The number of nitrogens with two attached hydrogens (primary N) is 1. The number of urea groups is 1. The summed E-state index contributed by atoms with van der Waals surface area (Å²) in [5, 5.41) is 0. The molecule has 54 heavy (non-hydrogen) atoms. The number of anilines is 1. The van der Waals surface area contributed by atoms with E-state index in [0.29, 0.717) is 42.9 Å². The highest BCUT2D eigenvalue weighted by atomic mass is 19.1. The molecule has 3 aromatic rings. The first-order valence-corrected chi connectivity index (χ1v) is 19.4. The molecular weight excluding hydrogens is 684 g/mol. The molecule has 10 nitrogen and oxygen atoms in total. The molecule has 2 aromatic carbocycles. The van der Waals surface area contributed by atoms with Crippen LogP contribution in [0.25, 0.3) is 11.4 Å². The van der Waals surface area contributed by atoms with Crippen LogP contribution < -0.4 is 20.1 Å². The maximum Gasteiger partial charge on any atom is 0.320 e. The Balaban J connectivity index is 1.06. The van der Waals surface area contributed by atoms with Crippen molar-refractivity contribution in [3.8, 4) is 17.4 Å². The van der Waals surface area contributed by atoms with Crippen molar-refractivity contribution in [3.05, 3.63) is 89.1 Å². The minimum absolute atomic E-state index is 0.141. The number of benzene rings is 2. The molecule has 2 saturated heterocycles. The average Bonchev–Trinajstić information content (AvgIpc) is 3.44. The number of nitrogens with zero attached hydrogens (tertiary/aromatic N) is 5. The quantitative estimate of drug-likeness (QED) is 0.225. The molecular formula is C43H53FN6O4. The summed E-state index contributed by atoms with van der Waals surface area (Å²) in [5.41, 5.74) is 11.0. The van der Waals surface area contributed by atoms with E-state index in [9.17, 15) is 14.0 Å². The van der Waals surface area contributed by atoms with Gasteiger partial charge in [0.25, 0.3) is 11.8 Å². The molecule has 2 aliphatic carbocycles. The second-order valence-electron chi connectivity index (χ2n) is 15.5. The van der Waals surface area contributed by atoms with Gasteiger partial charge in [-0.25, -0.2) is 14.2 Å². The number of fused-ring (bicyclic) bond motifs is 1. The zero-order valence-electron chi connectivity index (χ0n) is 32.2. The number of rotatable bonds is 10. The number of aromatic nitrogens is 1. The predicted octanol–water partition coefficient (Wildman–Crippen LogP) is 8.01. The number of methoxy groups -OCH3 is 1. The van der Waals surface area contributed by atoms with Crippen molar-refractivity contribution < 1.29 is 23.5 Å². The second-order valence-corrected chi connectivity index (χ2v) is 15.5. The van der Waals surface area contributed by atoms with Gasteiger partial charge in [0.05, 0.1) is 24.4 Å². The van der Waals surface area contributed by atoms with Gasteiger partial charge in [0, 0.05) is 69.2 Å². The van der Waals surface area contributed by atoms with Gasteiger partial charge in [-0.3, -0.25) is 9.69 Å². The van der Waals surface area contributed by atoms with Crippen molar-refractivity contribution in [3.63, 3.8) is 0 Å². The molecule has 7 rings (SSSR count). The summed E-state index contributed by atoms with van der Waals surface area (Å²) in [5.74, 6) is -0.0937. The van der Waals surface area contributed by atoms with E-state index in [1.165, 1.54) is 30.4 Å². The van der Waals surface area contributed by atoms with Crippen LogP contribution in [0.4, 0.5) is 14.9 Å². The van der Waals surface area contributed by atoms with Gasteiger partial charge in [0.15, 0.2) is 5.75 Å². The van der Waals surface area contributed by atoms with Crippen LogP contribution in [0.15, 0.2) is 61.2 Å². The highest BCUT2D eigenvalue weighted by Gasteiger charge is 2.50. The molecule has 1 aromatic heterocycles. The standard InChI is InChI=1S/C43H53FN6O4/c1-7-47(8-2)42(52)49-19-20-50(36(26-49)32-12-10-9-11-31(32)27(3)4)30-24-43(25-30)15-17-48(18-16-43)29-13-14-33(40(45)51)37(22-29)54-38-23-34-35(44)21-28(5)39(34)46-41(38)53-6/h9-14,21-23,27,30,36H,5,7-8,15-20,24-26H2,1-4,6H3,(H2,45,51)/t36-/m0/s1. The van der Waals surface area contributed by atoms with Crippen molar-refractivity contribution in [2.24, 2.45) is 11.1 Å². The number of amides is 3. The lowest BCUT2D eigenvalue weighted by Gasteiger charge is -2.58. The number of halogens is 1. The lowest BCUT2D eigenvalue weighted by atomic mass is 9.59. The molecule has 3 fully saturated rings. The third kappa shape index (κ3) is 6.94. The van der Waals surface area contributed by atoms with E-state index in [-0.39, 0.29) is 46.0 Å². The van der Waals surface area contributed by atoms with Crippen LogP contribution in [0.5, 0.6) is 17.4 Å². The average molecular weight is 737 g/mol. The van der Waals surface area contributed by atoms with Gasteiger partial charge in [0.2, 0.25) is 0 Å². The molecule has 1 saturated carbocycles. The summed E-state index contributed by atoms with van der Waals surface area (Å²) in [7, 11) is 1.46. The maximum absolute atomic E-state index is 14.7. The molecule has 3 amide bonds. The number of ether oxygens (including phenoxy) is 2. The summed E-state index contributed by atoms with van der Waals surface area (Å²) in [4.78, 5) is 39.5. The van der Waals surface area contributed by atoms with E-state index in [4.69, 9.17) is 15.2 Å². The number of carbonyl (C=O) groups is 2. The van der Waals surface area contributed by atoms with Gasteiger partial charge in [-0.05, 0) is 91.8 Å². The number of piperazine rings is 1. The molecule has 4 aliphatic rings. The highest BCUT2D eigenvalue weighted by molar-refractivity contribution is 5.96. The Morgan fingerprint density at radius 2 is 1.76 bits per heavy atom. The molecule has 0 bridgehead atoms. The third-order valence-electron chi connectivity index (χ3n) is 12.2. The topological polar surface area (TPSA) is 104 Å². The minimum atomic E-state index is -0.630. The van der Waals surface area contributed by atoms with Gasteiger partial charge < -0.3 is 29.9 Å². The smallest absolute Gasteiger partial charge is 0.320 e. The lowest BCUT2D eigenvalue weighted by Crippen LogP contribution is -2.61. The summed E-state index contributed by atoms with van der Waals surface area (Å²) in [6.07, 6.45) is 5.72. The third-order valence-corrected chi connectivity index (χ3v) is 12.2. The summed E-state index contributed by atoms with van der Waals surface area (Å²) < 4.78 is 26.4. The number of hydrogen-bond donors (Lipinski definition) is 1. The van der Waals surface area contributed by atoms with E-state index >= 15 is 0 Å². The zero-order valence-corrected chi connectivity index (χ0v) is 32.2. The van der Waals surface area contributed by atoms with E-state index in [2.05, 4.69) is 78.2 Å². The van der Waals surface area contributed by atoms with Crippen LogP contribution in [-0.2, 0) is 0 Å². The Morgan fingerprint density at radius 1 is 1.04 bits per heavy atom.